The van der Waals surface area contributed by atoms with Crippen molar-refractivity contribution in [2.75, 3.05) is 6.54 Å². The summed E-state index contributed by atoms with van der Waals surface area (Å²) in [5.74, 6) is 0.425. The zero-order valence-corrected chi connectivity index (χ0v) is 12.2. The SMILES string of the molecule is CCCN(Cc1nc2cc(Cl)ccc2c(=O)[nH]1)C(C)=O. The van der Waals surface area contributed by atoms with Crippen molar-refractivity contribution in [3.63, 3.8) is 0 Å². The molecular formula is C14H16ClN3O2. The van der Waals surface area contributed by atoms with Crippen LogP contribution in [0.15, 0.2) is 23.0 Å². The van der Waals surface area contributed by atoms with Gasteiger partial charge in [-0.3, -0.25) is 9.59 Å². The number of hydrogen-bond acceptors (Lipinski definition) is 3. The van der Waals surface area contributed by atoms with Crippen LogP contribution >= 0.6 is 11.6 Å². The Morgan fingerprint density at radius 2 is 2.20 bits per heavy atom. The predicted octanol–water partition coefficient (Wildman–Crippen LogP) is 2.33. The molecule has 106 valence electrons. The van der Waals surface area contributed by atoms with Gasteiger partial charge in [0.15, 0.2) is 0 Å². The Kier molecular flexibility index (Phi) is 4.39. The summed E-state index contributed by atoms with van der Waals surface area (Å²) in [7, 11) is 0. The minimum absolute atomic E-state index is 0.0410. The molecule has 1 aromatic heterocycles. The van der Waals surface area contributed by atoms with Gasteiger partial charge in [0.25, 0.3) is 5.56 Å². The van der Waals surface area contributed by atoms with E-state index in [1.807, 2.05) is 6.92 Å². The van der Waals surface area contributed by atoms with Gasteiger partial charge < -0.3 is 9.88 Å². The number of aromatic amines is 1. The summed E-state index contributed by atoms with van der Waals surface area (Å²) in [6.07, 6.45) is 0.850. The third-order valence-electron chi connectivity index (χ3n) is 3.00. The van der Waals surface area contributed by atoms with Crippen molar-refractivity contribution in [2.45, 2.75) is 26.8 Å². The highest BCUT2D eigenvalue weighted by Gasteiger charge is 2.11. The number of aromatic nitrogens is 2. The molecule has 0 saturated heterocycles. The van der Waals surface area contributed by atoms with Gasteiger partial charge >= 0.3 is 0 Å². The number of carbonyl (C=O) groups excluding carboxylic acids is 1. The Balaban J connectivity index is 2.40. The maximum absolute atomic E-state index is 12.0. The Morgan fingerprint density at radius 1 is 1.45 bits per heavy atom. The Bertz CT molecular complexity index is 696. The van der Waals surface area contributed by atoms with Crippen molar-refractivity contribution in [1.82, 2.24) is 14.9 Å². The molecule has 0 aliphatic heterocycles. The third-order valence-corrected chi connectivity index (χ3v) is 3.23. The molecule has 0 spiro atoms. The highest BCUT2D eigenvalue weighted by molar-refractivity contribution is 6.31. The fourth-order valence-electron chi connectivity index (χ4n) is 2.03. The second-order valence-electron chi connectivity index (χ2n) is 4.61. The van der Waals surface area contributed by atoms with Crippen LogP contribution in [0.1, 0.15) is 26.1 Å². The molecular weight excluding hydrogens is 278 g/mol. The highest BCUT2D eigenvalue weighted by Crippen LogP contribution is 2.15. The van der Waals surface area contributed by atoms with Crippen LogP contribution in [0, 0.1) is 0 Å². The van der Waals surface area contributed by atoms with Gasteiger partial charge in [-0.25, -0.2) is 4.98 Å². The molecule has 2 aromatic rings. The normalized spacial score (nSPS) is 10.8. The molecule has 0 atom stereocenters. The van der Waals surface area contributed by atoms with E-state index in [2.05, 4.69) is 9.97 Å². The number of fused-ring (bicyclic) bond motifs is 1. The fraction of sp³-hybridized carbons (Fsp3) is 0.357. The summed E-state index contributed by atoms with van der Waals surface area (Å²) in [6, 6.07) is 4.94. The van der Waals surface area contributed by atoms with E-state index in [1.54, 1.807) is 23.1 Å². The number of H-pyrrole nitrogens is 1. The van der Waals surface area contributed by atoms with Gasteiger partial charge in [-0.05, 0) is 24.6 Å². The molecule has 6 heteroatoms. The van der Waals surface area contributed by atoms with Gasteiger partial charge in [-0.15, -0.1) is 0 Å². The van der Waals surface area contributed by atoms with Crippen LogP contribution in [0.25, 0.3) is 10.9 Å². The lowest BCUT2D eigenvalue weighted by molar-refractivity contribution is -0.129. The number of halogens is 1. The number of hydrogen-bond donors (Lipinski definition) is 1. The Hall–Kier alpha value is -1.88. The zero-order chi connectivity index (χ0) is 14.7. The number of benzene rings is 1. The first-order chi connectivity index (χ1) is 9.51. The minimum atomic E-state index is -0.221. The molecule has 1 aromatic carbocycles. The first-order valence-electron chi connectivity index (χ1n) is 6.45. The van der Waals surface area contributed by atoms with Gasteiger partial charge in [0.1, 0.15) is 5.82 Å². The molecule has 1 amide bonds. The number of carbonyl (C=O) groups is 1. The molecule has 20 heavy (non-hydrogen) atoms. The monoisotopic (exact) mass is 293 g/mol. The fourth-order valence-corrected chi connectivity index (χ4v) is 2.20. The van der Waals surface area contributed by atoms with Crippen LogP contribution < -0.4 is 5.56 Å². The topological polar surface area (TPSA) is 66.1 Å². The van der Waals surface area contributed by atoms with Crippen LogP contribution in [0.5, 0.6) is 0 Å². The smallest absolute Gasteiger partial charge is 0.258 e. The number of nitrogens with zero attached hydrogens (tertiary/aromatic N) is 2. The number of nitrogens with one attached hydrogen (secondary N) is 1. The molecule has 1 N–H and O–H groups in total. The van der Waals surface area contributed by atoms with Gasteiger partial charge in [0.05, 0.1) is 17.4 Å². The molecule has 0 aliphatic carbocycles. The molecule has 0 unspecified atom stereocenters. The summed E-state index contributed by atoms with van der Waals surface area (Å²) in [5, 5.41) is 1.02. The molecule has 0 saturated carbocycles. The van der Waals surface area contributed by atoms with E-state index in [0.717, 1.165) is 6.42 Å². The first-order valence-corrected chi connectivity index (χ1v) is 6.83. The van der Waals surface area contributed by atoms with Gasteiger partial charge in [0.2, 0.25) is 5.91 Å². The van der Waals surface area contributed by atoms with Crippen molar-refractivity contribution in [3.8, 4) is 0 Å². The number of amides is 1. The van der Waals surface area contributed by atoms with Crippen LogP contribution in [0.4, 0.5) is 0 Å². The second-order valence-corrected chi connectivity index (χ2v) is 5.05. The van der Waals surface area contributed by atoms with E-state index in [-0.39, 0.29) is 11.5 Å². The molecule has 0 radical (unpaired) electrons. The second kappa shape index (κ2) is 6.05. The van der Waals surface area contributed by atoms with Gasteiger partial charge in [-0.1, -0.05) is 18.5 Å². The van der Waals surface area contributed by atoms with Crippen molar-refractivity contribution in [1.29, 1.82) is 0 Å². The van der Waals surface area contributed by atoms with E-state index in [9.17, 15) is 9.59 Å². The van der Waals surface area contributed by atoms with Crippen molar-refractivity contribution in [3.05, 3.63) is 39.4 Å². The van der Waals surface area contributed by atoms with E-state index >= 15 is 0 Å². The molecule has 5 nitrogen and oxygen atoms in total. The standard InChI is InChI=1S/C14H16ClN3O2/c1-3-6-18(9(2)19)8-13-16-12-7-10(15)4-5-11(12)14(20)17-13/h4-5,7H,3,6,8H2,1-2H3,(H,16,17,20). The van der Waals surface area contributed by atoms with Crippen molar-refractivity contribution < 1.29 is 4.79 Å². The van der Waals surface area contributed by atoms with Gasteiger partial charge in [-0.2, -0.15) is 0 Å². The lowest BCUT2D eigenvalue weighted by atomic mass is 10.2. The van der Waals surface area contributed by atoms with E-state index in [4.69, 9.17) is 11.6 Å². The zero-order valence-electron chi connectivity index (χ0n) is 11.4. The maximum Gasteiger partial charge on any atom is 0.258 e. The van der Waals surface area contributed by atoms with Crippen LogP contribution in [0.2, 0.25) is 5.02 Å². The Morgan fingerprint density at radius 3 is 2.85 bits per heavy atom. The largest absolute Gasteiger partial charge is 0.335 e. The van der Waals surface area contributed by atoms with Gasteiger partial charge in [0, 0.05) is 18.5 Å². The van der Waals surface area contributed by atoms with E-state index < -0.39 is 0 Å². The molecule has 0 fully saturated rings. The first kappa shape index (κ1) is 14.5. The summed E-state index contributed by atoms with van der Waals surface area (Å²) in [4.78, 5) is 32.2. The molecule has 2 rings (SSSR count). The average molecular weight is 294 g/mol. The van der Waals surface area contributed by atoms with Crippen molar-refractivity contribution in [2.24, 2.45) is 0 Å². The highest BCUT2D eigenvalue weighted by atomic mass is 35.5. The minimum Gasteiger partial charge on any atom is -0.335 e. The average Bonchev–Trinajstić information content (AvgIpc) is 2.37. The van der Waals surface area contributed by atoms with Crippen LogP contribution in [-0.4, -0.2) is 27.3 Å². The predicted molar refractivity (Wildman–Crippen MR) is 78.8 cm³/mol. The van der Waals surface area contributed by atoms with Crippen LogP contribution in [-0.2, 0) is 11.3 Å². The quantitative estimate of drug-likeness (QED) is 0.941. The Labute approximate surface area is 121 Å². The molecule has 0 aliphatic rings. The van der Waals surface area contributed by atoms with Crippen LogP contribution in [0.3, 0.4) is 0 Å². The maximum atomic E-state index is 12.0. The summed E-state index contributed by atoms with van der Waals surface area (Å²) in [5.41, 5.74) is 0.318. The summed E-state index contributed by atoms with van der Waals surface area (Å²) >= 11 is 5.91. The number of rotatable bonds is 4. The van der Waals surface area contributed by atoms with E-state index in [1.165, 1.54) is 6.92 Å². The van der Waals surface area contributed by atoms with E-state index in [0.29, 0.717) is 34.8 Å². The molecule has 1 heterocycles. The lowest BCUT2D eigenvalue weighted by Crippen LogP contribution is -2.30. The summed E-state index contributed by atoms with van der Waals surface area (Å²) in [6.45, 7) is 4.42. The third kappa shape index (κ3) is 3.17. The lowest BCUT2D eigenvalue weighted by Gasteiger charge is -2.19. The molecule has 0 bridgehead atoms. The van der Waals surface area contributed by atoms with Crippen molar-refractivity contribution >= 4 is 28.4 Å². The summed E-state index contributed by atoms with van der Waals surface area (Å²) < 4.78 is 0.